The van der Waals surface area contributed by atoms with Gasteiger partial charge in [0, 0.05) is 37.4 Å². The Hall–Kier alpha value is -1.49. The predicted octanol–water partition coefficient (Wildman–Crippen LogP) is 3.05. The maximum atomic E-state index is 13.3. The van der Waals surface area contributed by atoms with Crippen LogP contribution in [0, 0.1) is 5.82 Å². The lowest BCUT2D eigenvalue weighted by Gasteiger charge is -2.27. The van der Waals surface area contributed by atoms with Gasteiger partial charge in [0.1, 0.15) is 5.82 Å². The maximum Gasteiger partial charge on any atom is 0.141 e. The zero-order chi connectivity index (χ0) is 15.2. The molecule has 1 aromatic heterocycles. The summed E-state index contributed by atoms with van der Waals surface area (Å²) in [7, 11) is 2.00. The zero-order valence-corrected chi connectivity index (χ0v) is 12.7. The Labute approximate surface area is 129 Å². The fourth-order valence-corrected chi connectivity index (χ4v) is 2.47. The van der Waals surface area contributed by atoms with Crippen molar-refractivity contribution < 1.29 is 4.39 Å². The average molecular weight is 308 g/mol. The van der Waals surface area contributed by atoms with E-state index in [1.54, 1.807) is 18.3 Å². The number of benzene rings is 1. The zero-order valence-electron chi connectivity index (χ0n) is 12.0. The van der Waals surface area contributed by atoms with E-state index in [0.717, 1.165) is 24.2 Å². The van der Waals surface area contributed by atoms with Crippen molar-refractivity contribution in [3.63, 3.8) is 0 Å². The SMILES string of the molecule is CN(CCc1ccccn1)C(CN)c1ccc(F)c(Cl)c1. The number of hydrogen-bond acceptors (Lipinski definition) is 3. The van der Waals surface area contributed by atoms with E-state index in [9.17, 15) is 4.39 Å². The number of rotatable bonds is 6. The molecule has 112 valence electrons. The molecule has 0 aliphatic heterocycles. The van der Waals surface area contributed by atoms with Gasteiger partial charge in [-0.15, -0.1) is 0 Å². The summed E-state index contributed by atoms with van der Waals surface area (Å²) in [6.45, 7) is 1.26. The number of nitrogens with two attached hydrogens (primary N) is 1. The third-order valence-electron chi connectivity index (χ3n) is 3.53. The molecule has 2 N–H and O–H groups in total. The predicted molar refractivity (Wildman–Crippen MR) is 83.8 cm³/mol. The van der Waals surface area contributed by atoms with Crippen LogP contribution < -0.4 is 5.73 Å². The smallest absolute Gasteiger partial charge is 0.141 e. The number of aromatic nitrogens is 1. The number of likely N-dealkylation sites (N-methyl/N-ethyl adjacent to an activating group) is 1. The van der Waals surface area contributed by atoms with E-state index < -0.39 is 5.82 Å². The van der Waals surface area contributed by atoms with Crippen LogP contribution in [0.2, 0.25) is 5.02 Å². The molecule has 3 nitrogen and oxygen atoms in total. The van der Waals surface area contributed by atoms with Gasteiger partial charge >= 0.3 is 0 Å². The minimum atomic E-state index is -0.410. The van der Waals surface area contributed by atoms with E-state index in [1.807, 2.05) is 25.2 Å². The molecule has 0 spiro atoms. The minimum Gasteiger partial charge on any atom is -0.329 e. The second-order valence-corrected chi connectivity index (χ2v) is 5.38. The lowest BCUT2D eigenvalue weighted by atomic mass is 10.1. The quantitative estimate of drug-likeness (QED) is 0.892. The Balaban J connectivity index is 2.04. The van der Waals surface area contributed by atoms with E-state index in [2.05, 4.69) is 9.88 Å². The second kappa shape index (κ2) is 7.50. The van der Waals surface area contributed by atoms with E-state index >= 15 is 0 Å². The topological polar surface area (TPSA) is 42.2 Å². The fourth-order valence-electron chi connectivity index (χ4n) is 2.28. The van der Waals surface area contributed by atoms with Gasteiger partial charge in [-0.05, 0) is 36.9 Å². The molecule has 0 saturated carbocycles. The van der Waals surface area contributed by atoms with E-state index in [1.165, 1.54) is 6.07 Å². The number of hydrogen-bond donors (Lipinski definition) is 1. The molecule has 1 heterocycles. The van der Waals surface area contributed by atoms with Crippen molar-refractivity contribution in [1.82, 2.24) is 9.88 Å². The Bertz CT molecular complexity index is 577. The molecular formula is C16H19ClFN3. The Morgan fingerprint density at radius 1 is 1.33 bits per heavy atom. The van der Waals surface area contributed by atoms with Gasteiger partial charge in [0.15, 0.2) is 0 Å². The molecule has 0 aliphatic rings. The van der Waals surface area contributed by atoms with Gasteiger partial charge in [0.05, 0.1) is 5.02 Å². The molecule has 0 amide bonds. The van der Waals surface area contributed by atoms with Crippen molar-refractivity contribution in [2.24, 2.45) is 5.73 Å². The summed E-state index contributed by atoms with van der Waals surface area (Å²) >= 11 is 5.85. The molecule has 0 saturated heterocycles. The number of halogens is 2. The first kappa shape index (κ1) is 15.9. The van der Waals surface area contributed by atoms with Crippen LogP contribution in [0.25, 0.3) is 0 Å². The molecule has 5 heteroatoms. The van der Waals surface area contributed by atoms with Crippen molar-refractivity contribution in [3.05, 3.63) is 64.7 Å². The van der Waals surface area contributed by atoms with Gasteiger partial charge in [0.2, 0.25) is 0 Å². The Kier molecular flexibility index (Phi) is 5.67. The van der Waals surface area contributed by atoms with Crippen LogP contribution >= 0.6 is 11.6 Å². The summed E-state index contributed by atoms with van der Waals surface area (Å²) in [5.74, 6) is -0.410. The summed E-state index contributed by atoms with van der Waals surface area (Å²) in [5.41, 5.74) is 7.83. The summed E-state index contributed by atoms with van der Waals surface area (Å²) in [6, 6.07) is 10.6. The van der Waals surface area contributed by atoms with Crippen LogP contribution in [0.15, 0.2) is 42.6 Å². The van der Waals surface area contributed by atoms with Crippen LogP contribution in [-0.4, -0.2) is 30.0 Å². The van der Waals surface area contributed by atoms with Crippen LogP contribution in [0.4, 0.5) is 4.39 Å². The van der Waals surface area contributed by atoms with Crippen molar-refractivity contribution >= 4 is 11.6 Å². The monoisotopic (exact) mass is 307 g/mol. The van der Waals surface area contributed by atoms with Gasteiger partial charge in [0.25, 0.3) is 0 Å². The summed E-state index contributed by atoms with van der Waals surface area (Å²) in [4.78, 5) is 6.44. The molecule has 0 fully saturated rings. The van der Waals surface area contributed by atoms with E-state index in [4.69, 9.17) is 17.3 Å². The molecule has 1 aromatic carbocycles. The maximum absolute atomic E-state index is 13.3. The molecule has 1 atom stereocenters. The Morgan fingerprint density at radius 2 is 2.14 bits per heavy atom. The lowest BCUT2D eigenvalue weighted by molar-refractivity contribution is 0.252. The molecule has 0 bridgehead atoms. The molecular weight excluding hydrogens is 289 g/mol. The molecule has 0 aliphatic carbocycles. The number of pyridine rings is 1. The molecule has 2 rings (SSSR count). The fraction of sp³-hybridized carbons (Fsp3) is 0.312. The van der Waals surface area contributed by atoms with Gasteiger partial charge in [-0.1, -0.05) is 23.7 Å². The third-order valence-corrected chi connectivity index (χ3v) is 3.82. The average Bonchev–Trinajstić information content (AvgIpc) is 2.50. The van der Waals surface area contributed by atoms with Crippen molar-refractivity contribution in [3.8, 4) is 0 Å². The largest absolute Gasteiger partial charge is 0.329 e. The second-order valence-electron chi connectivity index (χ2n) is 4.98. The van der Waals surface area contributed by atoms with Crippen molar-refractivity contribution in [2.75, 3.05) is 20.1 Å². The first-order valence-electron chi connectivity index (χ1n) is 6.87. The van der Waals surface area contributed by atoms with Gasteiger partial charge in [-0.25, -0.2) is 4.39 Å². The normalized spacial score (nSPS) is 12.6. The van der Waals surface area contributed by atoms with Gasteiger partial charge in [-0.3, -0.25) is 9.88 Å². The first-order valence-corrected chi connectivity index (χ1v) is 7.24. The highest BCUT2D eigenvalue weighted by molar-refractivity contribution is 6.30. The van der Waals surface area contributed by atoms with Crippen LogP contribution in [0.1, 0.15) is 17.3 Å². The van der Waals surface area contributed by atoms with E-state index in [0.29, 0.717) is 6.54 Å². The van der Waals surface area contributed by atoms with Crippen molar-refractivity contribution in [1.29, 1.82) is 0 Å². The lowest BCUT2D eigenvalue weighted by Crippen LogP contribution is -2.32. The first-order chi connectivity index (χ1) is 10.1. The molecule has 0 radical (unpaired) electrons. The van der Waals surface area contributed by atoms with Crippen LogP contribution in [0.3, 0.4) is 0 Å². The highest BCUT2D eigenvalue weighted by atomic mass is 35.5. The van der Waals surface area contributed by atoms with Crippen LogP contribution in [-0.2, 0) is 6.42 Å². The van der Waals surface area contributed by atoms with Gasteiger partial charge < -0.3 is 5.73 Å². The van der Waals surface area contributed by atoms with Crippen molar-refractivity contribution in [2.45, 2.75) is 12.5 Å². The standard InChI is InChI=1S/C16H19ClFN3/c1-21(9-7-13-4-2-3-8-20-13)16(11-19)12-5-6-15(18)14(17)10-12/h2-6,8,10,16H,7,9,11,19H2,1H3. The minimum absolute atomic E-state index is 0.00631. The summed E-state index contributed by atoms with van der Waals surface area (Å²) < 4.78 is 13.3. The summed E-state index contributed by atoms with van der Waals surface area (Å²) in [6.07, 6.45) is 2.62. The summed E-state index contributed by atoms with van der Waals surface area (Å²) in [5, 5.41) is 0.129. The van der Waals surface area contributed by atoms with Gasteiger partial charge in [-0.2, -0.15) is 0 Å². The van der Waals surface area contributed by atoms with Crippen LogP contribution in [0.5, 0.6) is 0 Å². The highest BCUT2D eigenvalue weighted by Gasteiger charge is 2.16. The Morgan fingerprint density at radius 3 is 2.76 bits per heavy atom. The molecule has 1 unspecified atom stereocenters. The molecule has 21 heavy (non-hydrogen) atoms. The molecule has 2 aromatic rings. The van der Waals surface area contributed by atoms with E-state index in [-0.39, 0.29) is 11.1 Å². The number of nitrogens with zero attached hydrogens (tertiary/aromatic N) is 2. The third kappa shape index (κ3) is 4.24. The highest BCUT2D eigenvalue weighted by Crippen LogP contribution is 2.23.